The highest BCUT2D eigenvalue weighted by atomic mass is 16.2. The van der Waals surface area contributed by atoms with Gasteiger partial charge in [0, 0.05) is 38.8 Å². The molecule has 0 atom stereocenters. The van der Waals surface area contributed by atoms with E-state index in [-0.39, 0.29) is 5.91 Å². The number of likely N-dealkylation sites (tertiary alicyclic amines) is 1. The van der Waals surface area contributed by atoms with E-state index in [4.69, 9.17) is 0 Å². The van der Waals surface area contributed by atoms with Crippen LogP contribution in [0.15, 0.2) is 29.3 Å². The molecule has 1 aliphatic heterocycles. The number of piperidine rings is 1. The van der Waals surface area contributed by atoms with E-state index in [0.717, 1.165) is 49.6 Å². The number of aliphatic imine (C=N–C) groups is 1. The first-order chi connectivity index (χ1) is 12.7. The zero-order chi connectivity index (χ0) is 18.8. The van der Waals surface area contributed by atoms with Crippen LogP contribution in [0.25, 0.3) is 0 Å². The molecule has 0 aliphatic carbocycles. The van der Waals surface area contributed by atoms with Crippen LogP contribution in [0.3, 0.4) is 0 Å². The van der Waals surface area contributed by atoms with Gasteiger partial charge >= 0.3 is 0 Å². The molecule has 5 heteroatoms. The minimum absolute atomic E-state index is 0.159. The molecule has 1 aromatic rings. The van der Waals surface area contributed by atoms with E-state index in [1.165, 1.54) is 19.3 Å². The predicted octanol–water partition coefficient (Wildman–Crippen LogP) is 3.41. The van der Waals surface area contributed by atoms with Crippen LogP contribution in [0.5, 0.6) is 0 Å². The lowest BCUT2D eigenvalue weighted by molar-refractivity contribution is 0.0724. The second-order valence-corrected chi connectivity index (χ2v) is 7.04. The van der Waals surface area contributed by atoms with Crippen LogP contribution in [0, 0.1) is 5.92 Å². The molecule has 0 radical (unpaired) electrons. The number of rotatable bonds is 7. The molecule has 1 heterocycles. The molecular formula is C21H34N4O. The molecule has 1 aliphatic rings. The van der Waals surface area contributed by atoms with Gasteiger partial charge < -0.3 is 15.5 Å². The lowest BCUT2D eigenvalue weighted by atomic mass is 10.0. The molecule has 1 saturated heterocycles. The fourth-order valence-corrected chi connectivity index (χ4v) is 3.27. The Hall–Kier alpha value is -2.04. The second-order valence-electron chi connectivity index (χ2n) is 7.04. The molecule has 0 saturated carbocycles. The Labute approximate surface area is 158 Å². The Morgan fingerprint density at radius 1 is 1.08 bits per heavy atom. The van der Waals surface area contributed by atoms with E-state index in [1.54, 1.807) is 7.05 Å². The van der Waals surface area contributed by atoms with Crippen LogP contribution >= 0.6 is 0 Å². The Morgan fingerprint density at radius 2 is 1.73 bits per heavy atom. The van der Waals surface area contributed by atoms with E-state index >= 15 is 0 Å². The van der Waals surface area contributed by atoms with Crippen molar-refractivity contribution in [3.63, 3.8) is 0 Å². The maximum atomic E-state index is 12.5. The van der Waals surface area contributed by atoms with E-state index in [0.29, 0.717) is 12.5 Å². The van der Waals surface area contributed by atoms with Gasteiger partial charge in [-0.05, 0) is 42.9 Å². The summed E-state index contributed by atoms with van der Waals surface area (Å²) >= 11 is 0. The van der Waals surface area contributed by atoms with Crippen molar-refractivity contribution in [3.05, 3.63) is 35.4 Å². The highest BCUT2D eigenvalue weighted by molar-refractivity contribution is 5.94. The molecule has 5 nitrogen and oxygen atoms in total. The average Bonchev–Trinajstić information content (AvgIpc) is 2.71. The topological polar surface area (TPSA) is 56.7 Å². The van der Waals surface area contributed by atoms with Crippen LogP contribution in [0.1, 0.15) is 61.9 Å². The maximum Gasteiger partial charge on any atom is 0.253 e. The second kappa shape index (κ2) is 10.8. The fourth-order valence-electron chi connectivity index (χ4n) is 3.27. The van der Waals surface area contributed by atoms with Gasteiger partial charge in [-0.15, -0.1) is 0 Å². The predicted molar refractivity (Wildman–Crippen MR) is 108 cm³/mol. The monoisotopic (exact) mass is 358 g/mol. The summed E-state index contributed by atoms with van der Waals surface area (Å²) < 4.78 is 0. The highest BCUT2D eigenvalue weighted by Crippen LogP contribution is 2.14. The summed E-state index contributed by atoms with van der Waals surface area (Å²) in [6, 6.07) is 7.93. The summed E-state index contributed by atoms with van der Waals surface area (Å²) in [6.07, 6.45) is 5.83. The third-order valence-electron chi connectivity index (χ3n) is 5.24. The minimum Gasteiger partial charge on any atom is -0.356 e. The Balaban J connectivity index is 1.83. The van der Waals surface area contributed by atoms with Crippen LogP contribution in [0.4, 0.5) is 0 Å². The van der Waals surface area contributed by atoms with Crippen molar-refractivity contribution in [1.29, 1.82) is 0 Å². The zero-order valence-corrected chi connectivity index (χ0v) is 16.6. The van der Waals surface area contributed by atoms with Crippen molar-refractivity contribution in [3.8, 4) is 0 Å². The molecular weight excluding hydrogens is 324 g/mol. The first-order valence-electron chi connectivity index (χ1n) is 10.0. The highest BCUT2D eigenvalue weighted by Gasteiger charge is 2.17. The Bertz CT molecular complexity index is 572. The minimum atomic E-state index is 0.159. The van der Waals surface area contributed by atoms with Gasteiger partial charge in [0.05, 0.1) is 0 Å². The van der Waals surface area contributed by atoms with Crippen LogP contribution in [-0.4, -0.2) is 43.4 Å². The summed E-state index contributed by atoms with van der Waals surface area (Å²) in [6.45, 7) is 7.86. The van der Waals surface area contributed by atoms with Crippen molar-refractivity contribution in [2.45, 2.75) is 52.5 Å². The molecule has 2 N–H and O–H groups in total. The van der Waals surface area contributed by atoms with E-state index < -0.39 is 0 Å². The van der Waals surface area contributed by atoms with E-state index in [1.807, 2.05) is 29.2 Å². The lowest BCUT2D eigenvalue weighted by Crippen LogP contribution is -2.39. The number of nitrogens with one attached hydrogen (secondary N) is 2. The molecule has 0 spiro atoms. The molecule has 26 heavy (non-hydrogen) atoms. The number of guanidine groups is 1. The summed E-state index contributed by atoms with van der Waals surface area (Å²) in [4.78, 5) is 18.8. The smallest absolute Gasteiger partial charge is 0.253 e. The van der Waals surface area contributed by atoms with Crippen molar-refractivity contribution < 1.29 is 4.79 Å². The van der Waals surface area contributed by atoms with Gasteiger partial charge in [-0.2, -0.15) is 0 Å². The summed E-state index contributed by atoms with van der Waals surface area (Å²) in [5.41, 5.74) is 1.93. The molecule has 0 unspecified atom stereocenters. The molecule has 2 rings (SSSR count). The molecule has 0 bridgehead atoms. The third-order valence-corrected chi connectivity index (χ3v) is 5.24. The number of amides is 1. The van der Waals surface area contributed by atoms with Gasteiger partial charge in [-0.3, -0.25) is 9.79 Å². The molecule has 1 aromatic carbocycles. The normalized spacial score (nSPS) is 15.2. The van der Waals surface area contributed by atoms with Gasteiger partial charge in [0.2, 0.25) is 0 Å². The van der Waals surface area contributed by atoms with Crippen molar-refractivity contribution in [2.75, 3.05) is 26.7 Å². The summed E-state index contributed by atoms with van der Waals surface area (Å²) in [5.74, 6) is 1.66. The van der Waals surface area contributed by atoms with Crippen LogP contribution < -0.4 is 10.6 Å². The van der Waals surface area contributed by atoms with Gasteiger partial charge in [0.25, 0.3) is 5.91 Å². The van der Waals surface area contributed by atoms with Crippen molar-refractivity contribution in [1.82, 2.24) is 15.5 Å². The first kappa shape index (κ1) is 20.3. The molecule has 0 aromatic heterocycles. The van der Waals surface area contributed by atoms with Crippen LogP contribution in [0.2, 0.25) is 0 Å². The van der Waals surface area contributed by atoms with E-state index in [9.17, 15) is 4.79 Å². The lowest BCUT2D eigenvalue weighted by Gasteiger charge is -2.26. The maximum absolute atomic E-state index is 12.5. The van der Waals surface area contributed by atoms with Crippen molar-refractivity contribution in [2.24, 2.45) is 10.9 Å². The molecule has 144 valence electrons. The van der Waals surface area contributed by atoms with Gasteiger partial charge in [0.1, 0.15) is 0 Å². The van der Waals surface area contributed by atoms with E-state index in [2.05, 4.69) is 29.5 Å². The van der Waals surface area contributed by atoms with Crippen molar-refractivity contribution >= 4 is 11.9 Å². The number of carbonyl (C=O) groups is 1. The molecule has 1 amide bonds. The summed E-state index contributed by atoms with van der Waals surface area (Å²) in [7, 11) is 1.79. The summed E-state index contributed by atoms with van der Waals surface area (Å²) in [5, 5.41) is 6.74. The number of hydrogen-bond acceptors (Lipinski definition) is 2. The number of carbonyl (C=O) groups excluding carboxylic acids is 1. The Kier molecular flexibility index (Phi) is 8.45. The standard InChI is InChI=1S/C21H34N4O/c1-4-17(5-2)15-23-21(22-3)24-16-18-9-11-19(12-10-18)20(26)25-13-7-6-8-14-25/h9-12,17H,4-8,13-16H2,1-3H3,(H2,22,23,24). The molecule has 1 fully saturated rings. The first-order valence-corrected chi connectivity index (χ1v) is 10.0. The largest absolute Gasteiger partial charge is 0.356 e. The van der Waals surface area contributed by atoms with Gasteiger partial charge in [-0.1, -0.05) is 38.8 Å². The number of hydrogen-bond donors (Lipinski definition) is 2. The zero-order valence-electron chi connectivity index (χ0n) is 16.6. The number of benzene rings is 1. The SMILES string of the molecule is CCC(CC)CNC(=NC)NCc1ccc(C(=O)N2CCCCC2)cc1. The van der Waals surface area contributed by atoms with Gasteiger partial charge in [0.15, 0.2) is 5.96 Å². The quantitative estimate of drug-likeness (QED) is 0.580. The Morgan fingerprint density at radius 3 is 2.31 bits per heavy atom. The third kappa shape index (κ3) is 6.04. The number of nitrogens with zero attached hydrogens (tertiary/aromatic N) is 2. The van der Waals surface area contributed by atoms with Crippen LogP contribution in [-0.2, 0) is 6.54 Å². The average molecular weight is 359 g/mol. The van der Waals surface area contributed by atoms with Gasteiger partial charge in [-0.25, -0.2) is 0 Å². The fraction of sp³-hybridized carbons (Fsp3) is 0.619.